The van der Waals surface area contributed by atoms with Gasteiger partial charge in [0.2, 0.25) is 11.8 Å². The summed E-state index contributed by atoms with van der Waals surface area (Å²) in [5.41, 5.74) is 5.05. The molecule has 4 amide bonds. The summed E-state index contributed by atoms with van der Waals surface area (Å²) < 4.78 is 50.5. The highest BCUT2D eigenvalue weighted by atomic mass is 35.5. The van der Waals surface area contributed by atoms with E-state index in [4.69, 9.17) is 35.8 Å². The van der Waals surface area contributed by atoms with Crippen LogP contribution < -0.4 is 15.6 Å². The van der Waals surface area contributed by atoms with Crippen molar-refractivity contribution in [2.24, 2.45) is 16.7 Å². The zero-order valence-electron chi connectivity index (χ0n) is 43.3. The number of piperidine rings is 1. The number of hydrogen-bond donors (Lipinski definition) is 2. The molecular formula is C53H68ClF2N9O8S. The lowest BCUT2D eigenvalue weighted by Gasteiger charge is -2.39. The third kappa shape index (κ3) is 10.5. The Morgan fingerprint density at radius 2 is 1.76 bits per heavy atom. The number of amides is 4. The van der Waals surface area contributed by atoms with Gasteiger partial charge in [-0.15, -0.1) is 11.3 Å². The minimum Gasteiger partial charge on any atom is -0.464 e. The Hall–Kier alpha value is -5.28. The topological polar surface area (TPSA) is 181 Å². The van der Waals surface area contributed by atoms with Gasteiger partial charge in [-0.05, 0) is 82.1 Å². The summed E-state index contributed by atoms with van der Waals surface area (Å²) in [5, 5.41) is 7.37. The number of likely N-dealkylation sites (tertiary alicyclic amines) is 2. The third-order valence-corrected chi connectivity index (χ3v) is 16.7. The lowest BCUT2D eigenvalue weighted by Crippen LogP contribution is -2.62. The summed E-state index contributed by atoms with van der Waals surface area (Å²) in [5.74, 6) is -3.50. The smallest absolute Gasteiger partial charge is 0.324 e. The molecule has 2 N–H and O–H groups in total. The number of nitrogens with zero attached hydrogens (tertiary/aromatic N) is 7. The van der Waals surface area contributed by atoms with Gasteiger partial charge in [-0.2, -0.15) is 0 Å². The van der Waals surface area contributed by atoms with Crippen LogP contribution in [0.4, 0.5) is 14.5 Å². The molecule has 8 heterocycles. The Balaban J connectivity index is 1.09. The van der Waals surface area contributed by atoms with Crippen molar-refractivity contribution in [3.8, 4) is 22.5 Å². The summed E-state index contributed by atoms with van der Waals surface area (Å²) >= 11 is 6.69. The molecule has 4 aromatic rings. The van der Waals surface area contributed by atoms with Crippen LogP contribution in [0, 0.1) is 22.6 Å². The second-order valence-electron chi connectivity index (χ2n) is 21.5. The number of cyclic esters (lactones) is 1. The molecule has 3 aromatic heterocycles. The number of hydrogen-bond acceptors (Lipinski definition) is 13. The van der Waals surface area contributed by atoms with Crippen molar-refractivity contribution in [2.45, 2.75) is 123 Å². The summed E-state index contributed by atoms with van der Waals surface area (Å²) in [4.78, 5) is 85.4. The largest absolute Gasteiger partial charge is 0.464 e. The van der Waals surface area contributed by atoms with Crippen LogP contribution in [0.25, 0.3) is 33.4 Å². The van der Waals surface area contributed by atoms with Crippen LogP contribution in [0.1, 0.15) is 96.0 Å². The molecule has 5 aliphatic rings. The maximum Gasteiger partial charge on any atom is 0.324 e. The second kappa shape index (κ2) is 21.8. The highest BCUT2D eigenvalue weighted by Gasteiger charge is 2.52. The van der Waals surface area contributed by atoms with E-state index in [0.29, 0.717) is 87.6 Å². The first-order valence-electron chi connectivity index (χ1n) is 25.9. The van der Waals surface area contributed by atoms with Crippen LogP contribution in [-0.2, 0) is 57.6 Å². The van der Waals surface area contributed by atoms with E-state index in [9.17, 15) is 28.4 Å². The molecule has 4 saturated heterocycles. The standard InChI is InChI=1S/C53H68ClF2N9O8S/c1-8-63-41-24-37(55)34-23-33(41)36(45(63)35-22-32(61-18-20-72-21-19-61)27-57-43(35)31(4)71-7)26-52(5,6)29-73-50(69)38-10-9-14-65(60-38)48(67)39(25-42-58-40(34)28-74-42)59-47(66)44(30(2)3)64-17-13-53(51(64)70)11-15-62(16-12-53)49(68)46(54)56/h22-24,27-28,30-31,38-39,44,46,60H,8-21,25-26,29H2,1-7H3,(H,59,66)/t31-,38-,39?,44-,46-/m0/s1. The molecule has 1 spiro atoms. The molecule has 1 aromatic carbocycles. The normalized spacial score (nSPS) is 22.8. The number of anilines is 1. The van der Waals surface area contributed by atoms with E-state index in [1.165, 1.54) is 21.2 Å². The number of ether oxygens (including phenoxy) is 3. The fourth-order valence-corrected chi connectivity index (χ4v) is 12.5. The summed E-state index contributed by atoms with van der Waals surface area (Å²) in [7, 11) is 1.65. The monoisotopic (exact) mass is 1060 g/mol. The molecule has 4 fully saturated rings. The highest BCUT2D eigenvalue weighted by molar-refractivity contribution is 7.10. The van der Waals surface area contributed by atoms with Gasteiger partial charge in [0.15, 0.2) is 0 Å². The molecule has 0 aliphatic carbocycles. The number of carbonyl (C=O) groups is 5. The van der Waals surface area contributed by atoms with Crippen LogP contribution in [0.3, 0.4) is 0 Å². The summed E-state index contributed by atoms with van der Waals surface area (Å²) in [6, 6.07) is 2.50. The van der Waals surface area contributed by atoms with Gasteiger partial charge in [0, 0.05) is 86.7 Å². The first-order chi connectivity index (χ1) is 35.3. The minimum atomic E-state index is -2.16. The van der Waals surface area contributed by atoms with Crippen molar-refractivity contribution < 1.29 is 47.0 Å². The second-order valence-corrected chi connectivity index (χ2v) is 22.8. The maximum atomic E-state index is 17.0. The number of halogens is 3. The Labute approximate surface area is 439 Å². The van der Waals surface area contributed by atoms with Gasteiger partial charge in [-0.3, -0.25) is 34.0 Å². The van der Waals surface area contributed by atoms with E-state index in [2.05, 4.69) is 26.3 Å². The SMILES string of the molecule is CCn1c(-c2cc(N3CCOCC3)cnc2[C@H](C)OC)c2c3cc(c(F)cc31)-c1csc(n1)CC(NC(=O)[C@H](C(C)C)N1CCC3(CCN(C(=O)[C@H](F)Cl)CC3)C1=O)C(=O)N1CCC[C@H](N1)C(=O)OCC(C)(C)C2. The molecule has 6 bridgehead atoms. The van der Waals surface area contributed by atoms with Crippen molar-refractivity contribution in [3.05, 3.63) is 51.9 Å². The first-order valence-corrected chi connectivity index (χ1v) is 27.2. The number of rotatable bonds is 10. The zero-order chi connectivity index (χ0) is 52.8. The molecule has 400 valence electrons. The minimum absolute atomic E-state index is 0.0285. The summed E-state index contributed by atoms with van der Waals surface area (Å²) in [6.45, 7) is 15.7. The van der Waals surface area contributed by atoms with Gasteiger partial charge in [0.25, 0.3) is 17.4 Å². The van der Waals surface area contributed by atoms with Crippen LogP contribution in [0.2, 0.25) is 0 Å². The van der Waals surface area contributed by atoms with E-state index < -0.39 is 64.1 Å². The number of morpholine rings is 1. The van der Waals surface area contributed by atoms with Crippen molar-refractivity contribution in [2.75, 3.05) is 71.1 Å². The molecule has 5 atom stereocenters. The number of alkyl halides is 2. The van der Waals surface area contributed by atoms with E-state index in [1.807, 2.05) is 53.8 Å². The molecule has 21 heteroatoms. The average molecular weight is 1060 g/mol. The van der Waals surface area contributed by atoms with Crippen LogP contribution >= 0.6 is 22.9 Å². The van der Waals surface area contributed by atoms with Crippen molar-refractivity contribution in [1.82, 2.24) is 40.1 Å². The Morgan fingerprint density at radius 1 is 1.03 bits per heavy atom. The number of nitrogens with one attached hydrogen (secondary N) is 2. The number of hydrazine groups is 1. The van der Waals surface area contributed by atoms with E-state index in [0.717, 1.165) is 33.6 Å². The lowest BCUT2D eigenvalue weighted by molar-refractivity contribution is -0.155. The summed E-state index contributed by atoms with van der Waals surface area (Å²) in [6.07, 6.45) is 3.77. The molecule has 1 unspecified atom stereocenters. The molecular weight excluding hydrogens is 996 g/mol. The number of aromatic nitrogens is 3. The van der Waals surface area contributed by atoms with Crippen LogP contribution in [0.15, 0.2) is 29.8 Å². The molecule has 9 rings (SSSR count). The molecule has 0 radical (unpaired) electrons. The number of methoxy groups -OCH3 is 1. The number of benzene rings is 1. The van der Waals surface area contributed by atoms with Gasteiger partial charge >= 0.3 is 5.97 Å². The molecule has 74 heavy (non-hydrogen) atoms. The molecule has 5 aliphatic heterocycles. The third-order valence-electron chi connectivity index (χ3n) is 15.7. The van der Waals surface area contributed by atoms with Crippen LogP contribution in [0.5, 0.6) is 0 Å². The average Bonchev–Trinajstić information content (AvgIpc) is 4.07. The fraction of sp³-hybridized carbons (Fsp3) is 0.604. The van der Waals surface area contributed by atoms with E-state index in [1.54, 1.807) is 23.5 Å². The van der Waals surface area contributed by atoms with Crippen molar-refractivity contribution in [1.29, 1.82) is 0 Å². The van der Waals surface area contributed by atoms with Gasteiger partial charge in [0.1, 0.15) is 23.9 Å². The number of fused-ring (bicyclic) bond motifs is 6. The number of esters is 1. The lowest BCUT2D eigenvalue weighted by atomic mass is 9.77. The molecule has 17 nitrogen and oxygen atoms in total. The maximum absolute atomic E-state index is 17.0. The predicted octanol–water partition coefficient (Wildman–Crippen LogP) is 6.58. The molecule has 0 saturated carbocycles. The van der Waals surface area contributed by atoms with E-state index >= 15 is 4.39 Å². The number of carbonyl (C=O) groups excluding carboxylic acids is 5. The first kappa shape index (κ1) is 53.5. The number of thiazole rings is 1. The quantitative estimate of drug-likeness (QED) is 0.129. The fourth-order valence-electron chi connectivity index (χ4n) is 11.6. The van der Waals surface area contributed by atoms with Gasteiger partial charge in [-0.1, -0.05) is 39.3 Å². The van der Waals surface area contributed by atoms with Gasteiger partial charge in [0.05, 0.1) is 70.8 Å². The van der Waals surface area contributed by atoms with Gasteiger partial charge in [-0.25, -0.2) is 19.2 Å². The Kier molecular flexibility index (Phi) is 15.7. The van der Waals surface area contributed by atoms with Crippen LogP contribution in [-0.4, -0.2) is 149 Å². The van der Waals surface area contributed by atoms with Crippen molar-refractivity contribution >= 4 is 69.1 Å². The predicted molar refractivity (Wildman–Crippen MR) is 276 cm³/mol. The highest BCUT2D eigenvalue weighted by Crippen LogP contribution is 2.45. The Morgan fingerprint density at radius 3 is 2.45 bits per heavy atom. The number of pyridine rings is 1. The van der Waals surface area contributed by atoms with Gasteiger partial charge < -0.3 is 38.8 Å². The van der Waals surface area contributed by atoms with E-state index in [-0.39, 0.29) is 62.7 Å². The Bertz CT molecular complexity index is 2790. The number of aryl methyl sites for hydroxylation is 1. The zero-order valence-corrected chi connectivity index (χ0v) is 44.9. The van der Waals surface area contributed by atoms with Crippen molar-refractivity contribution in [3.63, 3.8) is 0 Å².